The van der Waals surface area contributed by atoms with Gasteiger partial charge in [-0.05, 0) is 18.9 Å². The van der Waals surface area contributed by atoms with Gasteiger partial charge in [0.25, 0.3) is 5.69 Å². The second-order valence-corrected chi connectivity index (χ2v) is 4.71. The number of hydrogen-bond acceptors (Lipinski definition) is 4. The molecule has 19 heavy (non-hydrogen) atoms. The zero-order valence-corrected chi connectivity index (χ0v) is 10.7. The topological polar surface area (TPSA) is 58.4 Å². The van der Waals surface area contributed by atoms with Crippen LogP contribution in [0.2, 0.25) is 0 Å². The number of nitro benzene ring substituents is 1. The maximum Gasteiger partial charge on any atom is 0.271 e. The predicted octanol–water partition coefficient (Wildman–Crippen LogP) is 2.10. The molecule has 1 aromatic carbocycles. The Morgan fingerprint density at radius 3 is 2.84 bits per heavy atom. The molecule has 0 radical (unpaired) electrons. The molecule has 0 aliphatic carbocycles. The van der Waals surface area contributed by atoms with Gasteiger partial charge in [0.15, 0.2) is 0 Å². The monoisotopic (exact) mass is 259 g/mol. The molecule has 0 saturated carbocycles. The van der Waals surface area contributed by atoms with Crippen molar-refractivity contribution in [2.75, 3.05) is 25.0 Å². The lowest BCUT2D eigenvalue weighted by molar-refractivity contribution is -0.384. The summed E-state index contributed by atoms with van der Waals surface area (Å²) in [6, 6.07) is 7.00. The first kappa shape index (κ1) is 13.4. The molecule has 1 heterocycles. The van der Waals surface area contributed by atoms with E-state index >= 15 is 0 Å². The summed E-state index contributed by atoms with van der Waals surface area (Å²) >= 11 is 0. The Balaban J connectivity index is 1.90. The lowest BCUT2D eigenvalue weighted by Crippen LogP contribution is -2.39. The Hall–Kier alpha value is -2.06. The van der Waals surface area contributed by atoms with Gasteiger partial charge in [-0.3, -0.25) is 15.0 Å². The summed E-state index contributed by atoms with van der Waals surface area (Å²) in [5.74, 6) is 2.65. The number of terminal acetylenes is 1. The highest BCUT2D eigenvalue weighted by Gasteiger charge is 2.18. The van der Waals surface area contributed by atoms with Crippen LogP contribution in [0.25, 0.3) is 0 Å². The summed E-state index contributed by atoms with van der Waals surface area (Å²) in [5.41, 5.74) is 0.930. The number of non-ortho nitro benzene ring substituents is 1. The van der Waals surface area contributed by atoms with Crippen LogP contribution in [-0.4, -0.2) is 35.5 Å². The van der Waals surface area contributed by atoms with Gasteiger partial charge in [-0.1, -0.05) is 12.0 Å². The number of likely N-dealkylation sites (tertiary alicyclic amines) is 1. The van der Waals surface area contributed by atoms with Crippen molar-refractivity contribution >= 4 is 11.4 Å². The standard InChI is InChI=1S/C14H17N3O2/c1-2-8-16-9-6-12(7-10-16)15-13-4-3-5-14(11-13)17(18)19/h1,3-5,11-12,15H,6-10H2. The van der Waals surface area contributed by atoms with Crippen molar-refractivity contribution in [1.29, 1.82) is 0 Å². The molecule has 1 N–H and O–H groups in total. The average Bonchev–Trinajstić information content (AvgIpc) is 2.42. The minimum absolute atomic E-state index is 0.120. The van der Waals surface area contributed by atoms with Crippen molar-refractivity contribution in [3.05, 3.63) is 34.4 Å². The number of hydrogen-bond donors (Lipinski definition) is 1. The number of nitrogens with one attached hydrogen (secondary N) is 1. The molecule has 0 unspecified atom stereocenters. The first-order valence-electron chi connectivity index (χ1n) is 6.36. The number of nitro groups is 1. The van der Waals surface area contributed by atoms with Crippen LogP contribution in [0.5, 0.6) is 0 Å². The van der Waals surface area contributed by atoms with Gasteiger partial charge in [-0.15, -0.1) is 6.42 Å². The van der Waals surface area contributed by atoms with Gasteiger partial charge in [-0.2, -0.15) is 0 Å². The van der Waals surface area contributed by atoms with Crippen LogP contribution < -0.4 is 5.32 Å². The van der Waals surface area contributed by atoms with Crippen molar-refractivity contribution in [2.45, 2.75) is 18.9 Å². The Morgan fingerprint density at radius 1 is 1.47 bits per heavy atom. The summed E-state index contributed by atoms with van der Waals surface area (Å²) in [6.07, 6.45) is 7.30. The number of piperidine rings is 1. The van der Waals surface area contributed by atoms with Gasteiger partial charge in [-0.25, -0.2) is 0 Å². The second kappa shape index (κ2) is 6.21. The molecule has 5 heteroatoms. The van der Waals surface area contributed by atoms with E-state index in [1.807, 2.05) is 6.07 Å². The van der Waals surface area contributed by atoms with Crippen LogP contribution in [0.1, 0.15) is 12.8 Å². The van der Waals surface area contributed by atoms with Crippen LogP contribution in [0.15, 0.2) is 24.3 Å². The van der Waals surface area contributed by atoms with Gasteiger partial charge in [0, 0.05) is 37.0 Å². The molecule has 2 rings (SSSR count). The fraction of sp³-hybridized carbons (Fsp3) is 0.429. The number of benzene rings is 1. The highest BCUT2D eigenvalue weighted by molar-refractivity contribution is 5.51. The SMILES string of the molecule is C#CCN1CCC(Nc2cccc([N+](=O)[O-])c2)CC1. The second-order valence-electron chi connectivity index (χ2n) is 4.71. The minimum atomic E-state index is -0.374. The Labute approximate surface area is 112 Å². The van der Waals surface area contributed by atoms with Crippen molar-refractivity contribution in [1.82, 2.24) is 4.90 Å². The van der Waals surface area contributed by atoms with E-state index in [1.54, 1.807) is 12.1 Å². The van der Waals surface area contributed by atoms with Gasteiger partial charge in [0.05, 0.1) is 11.5 Å². The van der Waals surface area contributed by atoms with Crippen LogP contribution in [0, 0.1) is 22.5 Å². The van der Waals surface area contributed by atoms with Crippen molar-refractivity contribution in [3.63, 3.8) is 0 Å². The van der Waals surface area contributed by atoms with E-state index in [0.29, 0.717) is 12.6 Å². The molecule has 1 saturated heterocycles. The van der Waals surface area contributed by atoms with Crippen molar-refractivity contribution in [3.8, 4) is 12.3 Å². The molecule has 1 aliphatic rings. The molecule has 0 aromatic heterocycles. The Morgan fingerprint density at radius 2 is 2.21 bits per heavy atom. The Bertz CT molecular complexity index is 488. The van der Waals surface area contributed by atoms with E-state index in [0.717, 1.165) is 31.6 Å². The maximum absolute atomic E-state index is 10.7. The maximum atomic E-state index is 10.7. The zero-order chi connectivity index (χ0) is 13.7. The van der Waals surface area contributed by atoms with Crippen molar-refractivity contribution < 1.29 is 4.92 Å². The fourth-order valence-electron chi connectivity index (χ4n) is 2.31. The molecule has 100 valence electrons. The summed E-state index contributed by atoms with van der Waals surface area (Å²) < 4.78 is 0. The molecule has 5 nitrogen and oxygen atoms in total. The lowest BCUT2D eigenvalue weighted by atomic mass is 10.0. The van der Waals surface area contributed by atoms with Crippen LogP contribution in [0.4, 0.5) is 11.4 Å². The summed E-state index contributed by atoms with van der Waals surface area (Å²) in [6.45, 7) is 2.64. The van der Waals surface area contributed by atoms with E-state index < -0.39 is 0 Å². The van der Waals surface area contributed by atoms with Crippen molar-refractivity contribution in [2.24, 2.45) is 0 Å². The highest BCUT2D eigenvalue weighted by atomic mass is 16.6. The largest absolute Gasteiger partial charge is 0.382 e. The molecule has 1 fully saturated rings. The van der Waals surface area contributed by atoms with E-state index in [4.69, 9.17) is 6.42 Å². The van der Waals surface area contributed by atoms with Gasteiger partial charge >= 0.3 is 0 Å². The van der Waals surface area contributed by atoms with Crippen LogP contribution in [0.3, 0.4) is 0 Å². The van der Waals surface area contributed by atoms with Crippen LogP contribution >= 0.6 is 0 Å². The van der Waals surface area contributed by atoms with E-state index in [1.165, 1.54) is 6.07 Å². The van der Waals surface area contributed by atoms with Gasteiger partial charge in [0.2, 0.25) is 0 Å². The molecule has 1 aliphatic heterocycles. The first-order valence-corrected chi connectivity index (χ1v) is 6.36. The fourth-order valence-corrected chi connectivity index (χ4v) is 2.31. The smallest absolute Gasteiger partial charge is 0.271 e. The molecule has 0 atom stereocenters. The quantitative estimate of drug-likeness (QED) is 0.511. The molecule has 0 bridgehead atoms. The number of nitrogens with zero attached hydrogens (tertiary/aromatic N) is 2. The van der Waals surface area contributed by atoms with E-state index in [2.05, 4.69) is 16.1 Å². The molecular weight excluding hydrogens is 242 g/mol. The summed E-state index contributed by atoms with van der Waals surface area (Å²) in [4.78, 5) is 12.6. The predicted molar refractivity (Wildman–Crippen MR) is 75.0 cm³/mol. The van der Waals surface area contributed by atoms with E-state index in [-0.39, 0.29) is 10.6 Å². The molecule has 0 spiro atoms. The first-order chi connectivity index (χ1) is 9.19. The third kappa shape index (κ3) is 3.70. The lowest BCUT2D eigenvalue weighted by Gasteiger charge is -2.31. The minimum Gasteiger partial charge on any atom is -0.382 e. The van der Waals surface area contributed by atoms with Gasteiger partial charge in [0.1, 0.15) is 0 Å². The zero-order valence-electron chi connectivity index (χ0n) is 10.7. The number of rotatable bonds is 4. The summed E-state index contributed by atoms with van der Waals surface area (Å²) in [7, 11) is 0. The average molecular weight is 259 g/mol. The third-order valence-corrected chi connectivity index (χ3v) is 3.33. The van der Waals surface area contributed by atoms with Gasteiger partial charge < -0.3 is 5.32 Å². The normalized spacial score (nSPS) is 16.8. The van der Waals surface area contributed by atoms with Crippen LogP contribution in [-0.2, 0) is 0 Å². The molecule has 0 amide bonds. The molecular formula is C14H17N3O2. The highest BCUT2D eigenvalue weighted by Crippen LogP contribution is 2.20. The third-order valence-electron chi connectivity index (χ3n) is 3.33. The summed E-state index contributed by atoms with van der Waals surface area (Å²) in [5, 5.41) is 14.1. The molecule has 1 aromatic rings. The number of anilines is 1. The van der Waals surface area contributed by atoms with E-state index in [9.17, 15) is 10.1 Å². The Kier molecular flexibility index (Phi) is 4.37.